The highest BCUT2D eigenvalue weighted by Gasteiger charge is 2.08. The normalized spacial score (nSPS) is 13.0. The molecule has 3 heteroatoms. The fourth-order valence-electron chi connectivity index (χ4n) is 0.892. The van der Waals surface area contributed by atoms with Crippen molar-refractivity contribution in [2.45, 2.75) is 33.8 Å². The Labute approximate surface area is 91.5 Å². The number of hydrogen-bond acceptors (Lipinski definition) is 3. The maximum absolute atomic E-state index is 11.5. The summed E-state index contributed by atoms with van der Waals surface area (Å²) in [4.78, 5) is 15.5. The molecule has 0 N–H and O–H groups in total. The van der Waals surface area contributed by atoms with E-state index >= 15 is 0 Å². The van der Waals surface area contributed by atoms with Crippen molar-refractivity contribution in [1.82, 2.24) is 0 Å². The fourth-order valence-corrected chi connectivity index (χ4v) is 0.892. The highest BCUT2D eigenvalue weighted by Crippen LogP contribution is 2.02. The van der Waals surface area contributed by atoms with E-state index in [1.165, 1.54) is 0 Å². The number of ether oxygens (including phenoxy) is 1. The van der Waals surface area contributed by atoms with Gasteiger partial charge in [0, 0.05) is 12.8 Å². The van der Waals surface area contributed by atoms with Gasteiger partial charge in [-0.05, 0) is 33.8 Å². The monoisotopic (exact) mass is 209 g/mol. The Morgan fingerprint density at radius 2 is 2.13 bits per heavy atom. The van der Waals surface area contributed by atoms with Crippen molar-refractivity contribution >= 4 is 12.2 Å². The molecule has 0 spiro atoms. The Hall–Kier alpha value is -1.38. The van der Waals surface area contributed by atoms with Crippen molar-refractivity contribution < 1.29 is 9.53 Å². The zero-order chi connectivity index (χ0) is 11.7. The molecule has 0 atom stereocenters. The number of esters is 1. The third kappa shape index (κ3) is 6.66. The van der Waals surface area contributed by atoms with Crippen LogP contribution in [0.1, 0.15) is 27.7 Å². The van der Waals surface area contributed by atoms with Gasteiger partial charge in [-0.3, -0.25) is 4.99 Å². The summed E-state index contributed by atoms with van der Waals surface area (Å²) in [6.07, 6.45) is 6.69. The van der Waals surface area contributed by atoms with Gasteiger partial charge in [0.2, 0.25) is 0 Å². The van der Waals surface area contributed by atoms with E-state index in [1.54, 1.807) is 24.4 Å². The van der Waals surface area contributed by atoms with Gasteiger partial charge in [-0.15, -0.1) is 0 Å². The molecule has 3 nitrogen and oxygen atoms in total. The van der Waals surface area contributed by atoms with Gasteiger partial charge in [-0.1, -0.05) is 12.2 Å². The summed E-state index contributed by atoms with van der Waals surface area (Å²) in [5.41, 5.74) is 0.517. The second-order valence-corrected chi connectivity index (χ2v) is 3.22. The Balaban J connectivity index is 4.58. The van der Waals surface area contributed by atoms with Gasteiger partial charge in [0.15, 0.2) is 0 Å². The summed E-state index contributed by atoms with van der Waals surface area (Å²) in [7, 11) is 0. The zero-order valence-corrected chi connectivity index (χ0v) is 9.86. The van der Waals surface area contributed by atoms with Crippen LogP contribution in [0, 0.1) is 0 Å². The molecule has 0 rings (SSSR count). The average Bonchev–Trinajstić information content (AvgIpc) is 2.15. The van der Waals surface area contributed by atoms with Crippen LogP contribution in [0.3, 0.4) is 0 Å². The van der Waals surface area contributed by atoms with E-state index in [0.29, 0.717) is 12.1 Å². The molecule has 0 saturated carbocycles. The molecule has 0 fully saturated rings. The molecule has 0 heterocycles. The lowest BCUT2D eigenvalue weighted by atomic mass is 10.2. The first-order valence-corrected chi connectivity index (χ1v) is 5.15. The predicted octanol–water partition coefficient (Wildman–Crippen LogP) is 2.53. The Bertz CT molecular complexity index is 275. The predicted molar refractivity (Wildman–Crippen MR) is 63.2 cm³/mol. The molecule has 0 aliphatic rings. The summed E-state index contributed by atoms with van der Waals surface area (Å²) in [5, 5.41) is 0. The Morgan fingerprint density at radius 3 is 2.60 bits per heavy atom. The van der Waals surface area contributed by atoms with Gasteiger partial charge < -0.3 is 4.74 Å². The van der Waals surface area contributed by atoms with E-state index in [4.69, 9.17) is 4.74 Å². The lowest BCUT2D eigenvalue weighted by Crippen LogP contribution is -2.12. The molecule has 0 aliphatic heterocycles. The van der Waals surface area contributed by atoms with Crippen molar-refractivity contribution in [3.05, 3.63) is 23.8 Å². The lowest BCUT2D eigenvalue weighted by Gasteiger charge is -2.07. The van der Waals surface area contributed by atoms with Crippen LogP contribution in [-0.2, 0) is 9.53 Å². The molecule has 84 valence electrons. The van der Waals surface area contributed by atoms with Crippen LogP contribution >= 0.6 is 0 Å². The number of aliphatic imine (C=N–C) groups is 1. The quantitative estimate of drug-likeness (QED) is 0.302. The Kier molecular flexibility index (Phi) is 7.24. The summed E-state index contributed by atoms with van der Waals surface area (Å²) in [5.74, 6) is -0.314. The lowest BCUT2D eigenvalue weighted by molar-refractivity contribution is -0.142. The Morgan fingerprint density at radius 1 is 1.47 bits per heavy atom. The van der Waals surface area contributed by atoms with Gasteiger partial charge in [-0.2, -0.15) is 0 Å². The minimum atomic E-state index is -0.314. The topological polar surface area (TPSA) is 38.7 Å². The smallest absolute Gasteiger partial charge is 0.338 e. The van der Waals surface area contributed by atoms with Crippen LogP contribution in [-0.4, -0.2) is 24.8 Å². The molecule has 0 aromatic rings. The molecule has 0 amide bonds. The first-order chi connectivity index (χ1) is 7.11. The highest BCUT2D eigenvalue weighted by atomic mass is 16.5. The summed E-state index contributed by atoms with van der Waals surface area (Å²) < 4.78 is 5.08. The van der Waals surface area contributed by atoms with Crippen molar-refractivity contribution in [2.24, 2.45) is 4.99 Å². The summed E-state index contributed by atoms with van der Waals surface area (Å²) in [6.45, 7) is 8.15. The van der Waals surface area contributed by atoms with Crippen LogP contribution in [0.5, 0.6) is 0 Å². The molecule has 0 bridgehead atoms. The third-order valence-corrected chi connectivity index (χ3v) is 1.47. The van der Waals surface area contributed by atoms with Crippen molar-refractivity contribution in [3.63, 3.8) is 0 Å². The van der Waals surface area contributed by atoms with Crippen LogP contribution in [0.4, 0.5) is 0 Å². The van der Waals surface area contributed by atoms with Gasteiger partial charge in [0.05, 0.1) is 11.7 Å². The SMILES string of the molecule is C/C=C\C(=C/C=NCC)C(=O)OC(C)C. The zero-order valence-electron chi connectivity index (χ0n) is 9.86. The van der Waals surface area contributed by atoms with Crippen molar-refractivity contribution in [1.29, 1.82) is 0 Å². The van der Waals surface area contributed by atoms with Gasteiger partial charge in [0.25, 0.3) is 0 Å². The molecule has 0 radical (unpaired) electrons. The van der Waals surface area contributed by atoms with Crippen LogP contribution < -0.4 is 0 Å². The molecule has 0 aliphatic carbocycles. The first kappa shape index (κ1) is 13.6. The largest absolute Gasteiger partial charge is 0.459 e. The van der Waals surface area contributed by atoms with E-state index in [2.05, 4.69) is 4.99 Å². The molecule has 15 heavy (non-hydrogen) atoms. The van der Waals surface area contributed by atoms with Crippen molar-refractivity contribution in [3.8, 4) is 0 Å². The second kappa shape index (κ2) is 7.97. The first-order valence-electron chi connectivity index (χ1n) is 5.15. The van der Waals surface area contributed by atoms with E-state index in [9.17, 15) is 4.79 Å². The van der Waals surface area contributed by atoms with E-state index in [1.807, 2.05) is 27.7 Å². The number of carbonyl (C=O) groups excluding carboxylic acids is 1. The fraction of sp³-hybridized carbons (Fsp3) is 0.500. The van der Waals surface area contributed by atoms with Crippen LogP contribution in [0.15, 0.2) is 28.8 Å². The number of nitrogens with zero attached hydrogens (tertiary/aromatic N) is 1. The van der Waals surface area contributed by atoms with E-state index in [-0.39, 0.29) is 12.1 Å². The second-order valence-electron chi connectivity index (χ2n) is 3.22. The minimum absolute atomic E-state index is 0.103. The molecule has 0 saturated heterocycles. The molecular weight excluding hydrogens is 190 g/mol. The summed E-state index contributed by atoms with van der Waals surface area (Å²) in [6, 6.07) is 0. The van der Waals surface area contributed by atoms with Crippen molar-refractivity contribution in [2.75, 3.05) is 6.54 Å². The third-order valence-electron chi connectivity index (χ3n) is 1.47. The maximum atomic E-state index is 11.5. The van der Waals surface area contributed by atoms with Gasteiger partial charge in [0.1, 0.15) is 0 Å². The average molecular weight is 209 g/mol. The van der Waals surface area contributed by atoms with E-state index in [0.717, 1.165) is 0 Å². The standard InChI is InChI=1S/C12H19NO2/c1-5-7-11(8-9-13-6-2)12(14)15-10(3)4/h5,7-10H,6H2,1-4H3/b7-5-,11-8+,13-9?. The number of hydrogen-bond donors (Lipinski definition) is 0. The van der Waals surface area contributed by atoms with E-state index < -0.39 is 0 Å². The molecule has 0 unspecified atom stereocenters. The molecule has 0 aromatic heterocycles. The highest BCUT2D eigenvalue weighted by molar-refractivity contribution is 5.96. The molecule has 0 aromatic carbocycles. The number of allylic oxidation sites excluding steroid dienone is 2. The van der Waals surface area contributed by atoms with Crippen LogP contribution in [0.2, 0.25) is 0 Å². The van der Waals surface area contributed by atoms with Gasteiger partial charge >= 0.3 is 5.97 Å². The minimum Gasteiger partial charge on any atom is -0.459 e. The number of carbonyl (C=O) groups is 1. The number of rotatable bonds is 5. The summed E-state index contributed by atoms with van der Waals surface area (Å²) >= 11 is 0. The molecular formula is C12H19NO2. The van der Waals surface area contributed by atoms with Gasteiger partial charge in [-0.25, -0.2) is 4.79 Å². The maximum Gasteiger partial charge on any atom is 0.338 e. The van der Waals surface area contributed by atoms with Crippen LogP contribution in [0.25, 0.3) is 0 Å².